The third kappa shape index (κ3) is 2.65. The van der Waals surface area contributed by atoms with E-state index in [1.165, 1.54) is 0 Å². The van der Waals surface area contributed by atoms with Crippen LogP contribution in [0.25, 0.3) is 11.5 Å². The van der Waals surface area contributed by atoms with Crippen LogP contribution < -0.4 is 0 Å². The van der Waals surface area contributed by atoms with Gasteiger partial charge in [0.05, 0.1) is 5.56 Å². The number of rotatable bonds is 3. The van der Waals surface area contributed by atoms with Crippen molar-refractivity contribution < 1.29 is 9.63 Å². The molecule has 4 nitrogen and oxygen atoms in total. The van der Waals surface area contributed by atoms with Crippen molar-refractivity contribution in [1.29, 1.82) is 0 Å². The van der Waals surface area contributed by atoms with Gasteiger partial charge in [0.25, 0.3) is 5.89 Å². The summed E-state index contributed by atoms with van der Waals surface area (Å²) in [5, 5.41) is 14.3. The Morgan fingerprint density at radius 1 is 1.10 bits per heavy atom. The minimum absolute atomic E-state index is 0.116. The lowest BCUT2D eigenvalue weighted by atomic mass is 10.1. The fourth-order valence-corrected chi connectivity index (χ4v) is 2.13. The molecule has 20 heavy (non-hydrogen) atoms. The fraction of sp³-hybridized carbons (Fsp3) is 0.0667. The first-order valence-corrected chi connectivity index (χ1v) is 6.45. The number of hydrogen-bond donors (Lipinski definition) is 1. The van der Waals surface area contributed by atoms with Gasteiger partial charge in [-0.25, -0.2) is 0 Å². The van der Waals surface area contributed by atoms with Crippen LogP contribution in [0.3, 0.4) is 0 Å². The van der Waals surface area contributed by atoms with Crippen LogP contribution in [0.5, 0.6) is 5.75 Å². The first kappa shape index (κ1) is 12.7. The van der Waals surface area contributed by atoms with Crippen molar-refractivity contribution >= 4 is 11.6 Å². The van der Waals surface area contributed by atoms with Gasteiger partial charge in [-0.05, 0) is 29.8 Å². The molecule has 0 bridgehead atoms. The summed E-state index contributed by atoms with van der Waals surface area (Å²) in [6, 6.07) is 14.3. The topological polar surface area (TPSA) is 59.2 Å². The Kier molecular flexibility index (Phi) is 3.39. The Morgan fingerprint density at radius 3 is 2.75 bits per heavy atom. The highest BCUT2D eigenvalue weighted by Crippen LogP contribution is 2.27. The maximum Gasteiger partial charge on any atom is 0.261 e. The lowest BCUT2D eigenvalue weighted by molar-refractivity contribution is 0.418. The summed E-state index contributed by atoms with van der Waals surface area (Å²) in [6.07, 6.45) is 0.525. The number of aromatic hydroxyl groups is 1. The second kappa shape index (κ2) is 5.35. The van der Waals surface area contributed by atoms with E-state index in [-0.39, 0.29) is 5.75 Å². The molecule has 1 aromatic heterocycles. The SMILES string of the molecule is Oc1ccccc1-c1nc(Cc2cccc(Cl)c2)no1. The smallest absolute Gasteiger partial charge is 0.261 e. The highest BCUT2D eigenvalue weighted by molar-refractivity contribution is 6.30. The van der Waals surface area contributed by atoms with Crippen molar-refractivity contribution in [3.8, 4) is 17.2 Å². The van der Waals surface area contributed by atoms with Crippen LogP contribution in [0, 0.1) is 0 Å². The van der Waals surface area contributed by atoms with E-state index in [0.29, 0.717) is 28.7 Å². The molecular weight excluding hydrogens is 276 g/mol. The molecule has 0 spiro atoms. The van der Waals surface area contributed by atoms with Gasteiger partial charge in [0.2, 0.25) is 0 Å². The first-order chi connectivity index (χ1) is 9.72. The molecule has 0 aliphatic heterocycles. The van der Waals surface area contributed by atoms with Gasteiger partial charge >= 0.3 is 0 Å². The number of halogens is 1. The van der Waals surface area contributed by atoms with Crippen LogP contribution in [-0.4, -0.2) is 15.2 Å². The quantitative estimate of drug-likeness (QED) is 0.798. The second-order valence-electron chi connectivity index (χ2n) is 4.34. The van der Waals surface area contributed by atoms with Crippen molar-refractivity contribution in [1.82, 2.24) is 10.1 Å². The molecule has 0 fully saturated rings. The zero-order valence-electron chi connectivity index (χ0n) is 10.5. The van der Waals surface area contributed by atoms with Crippen LogP contribution in [0.1, 0.15) is 11.4 Å². The van der Waals surface area contributed by atoms with E-state index in [1.807, 2.05) is 24.3 Å². The predicted molar refractivity (Wildman–Crippen MR) is 75.7 cm³/mol. The number of benzene rings is 2. The van der Waals surface area contributed by atoms with E-state index >= 15 is 0 Å². The molecule has 5 heteroatoms. The normalized spacial score (nSPS) is 10.7. The predicted octanol–water partition coefficient (Wildman–Crippen LogP) is 3.69. The summed E-state index contributed by atoms with van der Waals surface area (Å²) >= 11 is 5.94. The monoisotopic (exact) mass is 286 g/mol. The number of para-hydroxylation sites is 1. The molecule has 0 unspecified atom stereocenters. The van der Waals surface area contributed by atoms with E-state index in [0.717, 1.165) is 5.56 Å². The highest BCUT2D eigenvalue weighted by atomic mass is 35.5. The average molecular weight is 287 g/mol. The number of hydrogen-bond acceptors (Lipinski definition) is 4. The van der Waals surface area contributed by atoms with Gasteiger partial charge in [0.1, 0.15) is 5.75 Å². The maximum absolute atomic E-state index is 9.75. The Hall–Kier alpha value is -2.33. The minimum atomic E-state index is 0.116. The van der Waals surface area contributed by atoms with Crippen molar-refractivity contribution in [2.24, 2.45) is 0 Å². The summed E-state index contributed by atoms with van der Waals surface area (Å²) in [4.78, 5) is 4.29. The van der Waals surface area contributed by atoms with Crippen molar-refractivity contribution in [2.75, 3.05) is 0 Å². The lowest BCUT2D eigenvalue weighted by Crippen LogP contribution is -1.90. The van der Waals surface area contributed by atoms with Gasteiger partial charge in [-0.1, -0.05) is 41.0 Å². The molecule has 0 aliphatic rings. The standard InChI is InChI=1S/C15H11ClN2O2/c16-11-5-3-4-10(8-11)9-14-17-15(20-18-14)12-6-1-2-7-13(12)19/h1-8,19H,9H2. The number of phenolic OH excluding ortho intramolecular Hbond substituents is 1. The molecule has 1 heterocycles. The average Bonchev–Trinajstić information content (AvgIpc) is 2.87. The fourth-order valence-electron chi connectivity index (χ4n) is 1.92. The van der Waals surface area contributed by atoms with Crippen LogP contribution in [0.15, 0.2) is 53.1 Å². The zero-order chi connectivity index (χ0) is 13.9. The molecule has 100 valence electrons. The van der Waals surface area contributed by atoms with Gasteiger partial charge in [0, 0.05) is 11.4 Å². The summed E-state index contributed by atoms with van der Waals surface area (Å²) in [5.41, 5.74) is 1.53. The highest BCUT2D eigenvalue weighted by Gasteiger charge is 2.12. The molecule has 2 aromatic carbocycles. The largest absolute Gasteiger partial charge is 0.507 e. The van der Waals surface area contributed by atoms with Crippen LogP contribution in [0.4, 0.5) is 0 Å². The molecule has 0 saturated heterocycles. The third-order valence-corrected chi connectivity index (χ3v) is 3.09. The summed E-state index contributed by atoms with van der Waals surface area (Å²) in [6.45, 7) is 0. The summed E-state index contributed by atoms with van der Waals surface area (Å²) in [5.74, 6) is 0.969. The van der Waals surface area contributed by atoms with E-state index in [1.54, 1.807) is 24.3 Å². The number of phenols is 1. The minimum Gasteiger partial charge on any atom is -0.507 e. The molecule has 0 radical (unpaired) electrons. The second-order valence-corrected chi connectivity index (χ2v) is 4.78. The van der Waals surface area contributed by atoms with E-state index in [2.05, 4.69) is 10.1 Å². The molecule has 0 amide bonds. The summed E-state index contributed by atoms with van der Waals surface area (Å²) < 4.78 is 5.18. The Morgan fingerprint density at radius 2 is 1.95 bits per heavy atom. The molecule has 0 atom stereocenters. The lowest BCUT2D eigenvalue weighted by Gasteiger charge is -1.97. The molecule has 0 saturated carbocycles. The van der Waals surface area contributed by atoms with Crippen LogP contribution >= 0.6 is 11.6 Å². The third-order valence-electron chi connectivity index (χ3n) is 2.85. The van der Waals surface area contributed by atoms with Gasteiger partial charge < -0.3 is 9.63 Å². The Bertz CT molecular complexity index is 740. The van der Waals surface area contributed by atoms with Crippen molar-refractivity contribution in [3.05, 3.63) is 64.9 Å². The molecular formula is C15H11ClN2O2. The summed E-state index contributed by atoms with van der Waals surface area (Å²) in [7, 11) is 0. The Balaban J connectivity index is 1.86. The molecule has 0 aliphatic carbocycles. The zero-order valence-corrected chi connectivity index (χ0v) is 11.2. The number of aromatic nitrogens is 2. The van der Waals surface area contributed by atoms with Crippen LogP contribution in [0.2, 0.25) is 5.02 Å². The maximum atomic E-state index is 9.75. The molecule has 1 N–H and O–H groups in total. The van der Waals surface area contributed by atoms with Crippen molar-refractivity contribution in [3.63, 3.8) is 0 Å². The van der Waals surface area contributed by atoms with Gasteiger partial charge in [-0.3, -0.25) is 0 Å². The molecule has 3 aromatic rings. The van der Waals surface area contributed by atoms with Gasteiger partial charge in [-0.2, -0.15) is 4.98 Å². The van der Waals surface area contributed by atoms with Crippen LogP contribution in [-0.2, 0) is 6.42 Å². The van der Waals surface area contributed by atoms with E-state index < -0.39 is 0 Å². The first-order valence-electron chi connectivity index (χ1n) is 6.08. The number of nitrogens with zero attached hydrogens (tertiary/aromatic N) is 2. The van der Waals surface area contributed by atoms with E-state index in [4.69, 9.17) is 16.1 Å². The van der Waals surface area contributed by atoms with Crippen molar-refractivity contribution in [2.45, 2.75) is 6.42 Å². The van der Waals surface area contributed by atoms with Gasteiger partial charge in [0.15, 0.2) is 5.82 Å². The molecule has 3 rings (SSSR count). The van der Waals surface area contributed by atoms with E-state index in [9.17, 15) is 5.11 Å². The van der Waals surface area contributed by atoms with Gasteiger partial charge in [-0.15, -0.1) is 0 Å². The Labute approximate surface area is 120 Å².